The van der Waals surface area contributed by atoms with Crippen molar-refractivity contribution in [2.24, 2.45) is 0 Å². The minimum atomic E-state index is -1.35. The summed E-state index contributed by atoms with van der Waals surface area (Å²) in [5.74, 6) is 0.623. The molecule has 104 valence electrons. The van der Waals surface area contributed by atoms with E-state index < -0.39 is 7.12 Å². The van der Waals surface area contributed by atoms with Crippen molar-refractivity contribution in [3.8, 4) is 5.75 Å². The Morgan fingerprint density at radius 3 is 2.25 bits per heavy atom. The summed E-state index contributed by atoms with van der Waals surface area (Å²) in [5, 5.41) is 17.4. The Hall–Kier alpha value is -2.11. The van der Waals surface area contributed by atoms with Crippen molar-refractivity contribution >= 4 is 19.1 Å². The van der Waals surface area contributed by atoms with Crippen LogP contribution in [0.1, 0.15) is 11.1 Å². The highest BCUT2D eigenvalue weighted by atomic mass is 16.5. The van der Waals surface area contributed by atoms with E-state index in [0.29, 0.717) is 17.7 Å². The first-order chi connectivity index (χ1) is 9.54. The molecule has 4 nitrogen and oxygen atoms in total. The van der Waals surface area contributed by atoms with Gasteiger partial charge in [0.2, 0.25) is 0 Å². The number of ether oxygens (including phenoxy) is 1. The molecule has 0 radical (unpaired) electrons. The molecule has 20 heavy (non-hydrogen) atoms. The van der Waals surface area contributed by atoms with E-state index >= 15 is 0 Å². The van der Waals surface area contributed by atoms with E-state index in [1.165, 1.54) is 0 Å². The highest BCUT2D eigenvalue weighted by molar-refractivity contribution is 6.58. The average Bonchev–Trinajstić information content (AvgIpc) is 2.42. The fraction of sp³-hybridized carbons (Fsp3) is 0.133. The van der Waals surface area contributed by atoms with Crippen LogP contribution in [0.15, 0.2) is 48.5 Å². The monoisotopic (exact) mass is 272 g/mol. The van der Waals surface area contributed by atoms with Gasteiger partial charge in [-0.3, -0.25) is 4.79 Å². The molecule has 0 spiro atoms. The maximum Gasteiger partial charge on any atom is 0.488 e. The molecule has 0 saturated heterocycles. The largest absolute Gasteiger partial charge is 0.488 e. The molecule has 5 heteroatoms. The van der Waals surface area contributed by atoms with Gasteiger partial charge in [0.1, 0.15) is 5.75 Å². The smallest absolute Gasteiger partial charge is 0.428 e. The standard InChI is InChI=1S/C8H8O2.C7H9BO2/c1-7-4-2-3-5-8(7)10-6-9;1-6-3-2-4-7(5-6)8(9)10/h2-6H,1H3;2-5,9-10H,1H3. The SMILES string of the molecule is Cc1cccc(B(O)O)c1.Cc1ccccc1OC=O. The minimum absolute atomic E-state index is 0.433. The van der Waals surface area contributed by atoms with Crippen molar-refractivity contribution < 1.29 is 19.6 Å². The number of rotatable bonds is 3. The van der Waals surface area contributed by atoms with Gasteiger partial charge < -0.3 is 14.8 Å². The average molecular weight is 272 g/mol. The molecule has 0 aliphatic rings. The van der Waals surface area contributed by atoms with Gasteiger partial charge in [-0.2, -0.15) is 0 Å². The topological polar surface area (TPSA) is 66.8 Å². The Morgan fingerprint density at radius 1 is 1.05 bits per heavy atom. The van der Waals surface area contributed by atoms with Crippen molar-refractivity contribution in [1.82, 2.24) is 0 Å². The number of aryl methyl sites for hydroxylation is 2. The molecule has 0 aromatic heterocycles. The molecule has 0 aliphatic heterocycles. The third kappa shape index (κ3) is 5.26. The normalized spacial score (nSPS) is 9.20. The molecule has 0 bridgehead atoms. The third-order valence-electron chi connectivity index (χ3n) is 2.61. The van der Waals surface area contributed by atoms with Gasteiger partial charge in [-0.1, -0.05) is 48.0 Å². The number of carbonyl (C=O) groups excluding carboxylic acids is 1. The molecule has 0 heterocycles. The Labute approximate surface area is 118 Å². The second-order valence-electron chi connectivity index (χ2n) is 4.27. The Balaban J connectivity index is 0.000000200. The van der Waals surface area contributed by atoms with Crippen LogP contribution in [0.5, 0.6) is 5.75 Å². The molecule has 0 amide bonds. The Kier molecular flexibility index (Phi) is 6.49. The summed E-state index contributed by atoms with van der Waals surface area (Å²) in [6, 6.07) is 14.5. The summed E-state index contributed by atoms with van der Waals surface area (Å²) in [6.07, 6.45) is 0. The highest BCUT2D eigenvalue weighted by Gasteiger charge is 2.08. The maximum atomic E-state index is 9.90. The minimum Gasteiger partial charge on any atom is -0.428 e. The van der Waals surface area contributed by atoms with Crippen LogP contribution < -0.4 is 10.2 Å². The second-order valence-corrected chi connectivity index (χ2v) is 4.27. The zero-order valence-corrected chi connectivity index (χ0v) is 11.5. The van der Waals surface area contributed by atoms with Gasteiger partial charge in [0.25, 0.3) is 6.47 Å². The second kappa shape index (κ2) is 8.14. The number of benzene rings is 2. The molecule has 2 aromatic rings. The molecule has 0 atom stereocenters. The van der Waals surface area contributed by atoms with Crippen LogP contribution in [0.4, 0.5) is 0 Å². The van der Waals surface area contributed by atoms with Crippen LogP contribution in [0.3, 0.4) is 0 Å². The fourth-order valence-electron chi connectivity index (χ4n) is 1.57. The summed E-state index contributed by atoms with van der Waals surface area (Å²) in [5.41, 5.74) is 2.54. The number of hydrogen-bond acceptors (Lipinski definition) is 4. The van der Waals surface area contributed by atoms with E-state index in [1.54, 1.807) is 24.3 Å². The van der Waals surface area contributed by atoms with Gasteiger partial charge in [-0.25, -0.2) is 0 Å². The van der Waals surface area contributed by atoms with Gasteiger partial charge >= 0.3 is 7.12 Å². The lowest BCUT2D eigenvalue weighted by atomic mass is 9.80. The molecular formula is C15H17BO4. The van der Waals surface area contributed by atoms with Crippen molar-refractivity contribution in [1.29, 1.82) is 0 Å². The van der Waals surface area contributed by atoms with Gasteiger partial charge in [-0.15, -0.1) is 0 Å². The van der Waals surface area contributed by atoms with Gasteiger partial charge in [0.05, 0.1) is 0 Å². The quantitative estimate of drug-likeness (QED) is 0.651. The molecule has 2 rings (SSSR count). The summed E-state index contributed by atoms with van der Waals surface area (Å²) in [7, 11) is -1.35. The predicted molar refractivity (Wildman–Crippen MR) is 78.9 cm³/mol. The lowest BCUT2D eigenvalue weighted by Crippen LogP contribution is -2.29. The van der Waals surface area contributed by atoms with Crippen LogP contribution in [-0.2, 0) is 4.79 Å². The predicted octanol–water partition coefficient (Wildman–Crippen LogP) is 1.21. The molecule has 2 aromatic carbocycles. The van der Waals surface area contributed by atoms with E-state index in [1.807, 2.05) is 38.1 Å². The van der Waals surface area contributed by atoms with Gasteiger partial charge in [0.15, 0.2) is 0 Å². The molecule has 0 unspecified atom stereocenters. The summed E-state index contributed by atoms with van der Waals surface area (Å²) < 4.78 is 4.66. The van der Waals surface area contributed by atoms with E-state index in [2.05, 4.69) is 4.74 Å². The van der Waals surface area contributed by atoms with E-state index in [9.17, 15) is 4.79 Å². The molecule has 0 aliphatic carbocycles. The zero-order chi connectivity index (χ0) is 15.0. The lowest BCUT2D eigenvalue weighted by molar-refractivity contribution is -0.120. The molecule has 0 saturated carbocycles. The maximum absolute atomic E-state index is 9.90. The first kappa shape index (κ1) is 16.0. The number of carbonyl (C=O) groups is 1. The van der Waals surface area contributed by atoms with Crippen LogP contribution in [0.2, 0.25) is 0 Å². The van der Waals surface area contributed by atoms with Crippen molar-refractivity contribution in [3.05, 3.63) is 59.7 Å². The van der Waals surface area contributed by atoms with Gasteiger partial charge in [0, 0.05) is 0 Å². The Bertz CT molecular complexity index is 555. The summed E-state index contributed by atoms with van der Waals surface area (Å²) >= 11 is 0. The van der Waals surface area contributed by atoms with Crippen LogP contribution in [0, 0.1) is 13.8 Å². The lowest BCUT2D eigenvalue weighted by Gasteiger charge is -1.99. The van der Waals surface area contributed by atoms with E-state index in [-0.39, 0.29) is 0 Å². The Morgan fingerprint density at radius 2 is 1.75 bits per heavy atom. The van der Waals surface area contributed by atoms with Gasteiger partial charge in [-0.05, 0) is 30.9 Å². The molecular weight excluding hydrogens is 255 g/mol. The zero-order valence-electron chi connectivity index (χ0n) is 11.5. The van der Waals surface area contributed by atoms with Crippen molar-refractivity contribution in [2.75, 3.05) is 0 Å². The van der Waals surface area contributed by atoms with E-state index in [0.717, 1.165) is 11.1 Å². The third-order valence-corrected chi connectivity index (χ3v) is 2.61. The van der Waals surface area contributed by atoms with Crippen LogP contribution in [0.25, 0.3) is 0 Å². The number of hydrogen-bond donors (Lipinski definition) is 2. The van der Waals surface area contributed by atoms with E-state index in [4.69, 9.17) is 10.0 Å². The fourth-order valence-corrected chi connectivity index (χ4v) is 1.57. The summed E-state index contributed by atoms with van der Waals surface area (Å²) in [6.45, 7) is 4.23. The number of para-hydroxylation sites is 1. The molecule has 2 N–H and O–H groups in total. The highest BCUT2D eigenvalue weighted by Crippen LogP contribution is 2.14. The van der Waals surface area contributed by atoms with Crippen molar-refractivity contribution in [3.63, 3.8) is 0 Å². The first-order valence-corrected chi connectivity index (χ1v) is 6.13. The van der Waals surface area contributed by atoms with Crippen LogP contribution >= 0.6 is 0 Å². The summed E-state index contributed by atoms with van der Waals surface area (Å²) in [4.78, 5) is 9.90. The first-order valence-electron chi connectivity index (χ1n) is 6.13. The molecule has 0 fully saturated rings. The van der Waals surface area contributed by atoms with Crippen LogP contribution in [-0.4, -0.2) is 23.6 Å². The van der Waals surface area contributed by atoms with Crippen molar-refractivity contribution in [2.45, 2.75) is 13.8 Å².